The van der Waals surface area contributed by atoms with Crippen molar-refractivity contribution in [1.82, 2.24) is 0 Å². The van der Waals surface area contributed by atoms with E-state index in [1.54, 1.807) is 0 Å². The number of hydrogen-bond donors (Lipinski definition) is 0. The minimum absolute atomic E-state index is 0.177. The third kappa shape index (κ3) is 3.26. The number of hydrogen-bond acceptors (Lipinski definition) is 4. The van der Waals surface area contributed by atoms with Crippen molar-refractivity contribution in [2.24, 2.45) is 0 Å². The lowest BCUT2D eigenvalue weighted by molar-refractivity contribution is -0.340. The van der Waals surface area contributed by atoms with E-state index in [1.807, 2.05) is 27.7 Å². The molecule has 0 aromatic heterocycles. The van der Waals surface area contributed by atoms with Crippen LogP contribution in [0.5, 0.6) is 0 Å². The highest BCUT2D eigenvalue weighted by Crippen LogP contribution is 2.38. The quantitative estimate of drug-likeness (QED) is 0.682. The zero-order valence-corrected chi connectivity index (χ0v) is 10.1. The fourth-order valence-corrected chi connectivity index (χ4v) is 2.51. The van der Waals surface area contributed by atoms with Crippen molar-refractivity contribution in [2.75, 3.05) is 5.75 Å². The molecule has 0 radical (unpaired) electrons. The van der Waals surface area contributed by atoms with Crippen molar-refractivity contribution >= 4 is 16.9 Å². The Bertz CT molecular complexity index is 227. The van der Waals surface area contributed by atoms with Gasteiger partial charge in [0, 0.05) is 12.8 Å². The van der Waals surface area contributed by atoms with Crippen molar-refractivity contribution in [3.63, 3.8) is 0 Å². The fraction of sp³-hybridized carbons (Fsp3) is 0.900. The molecule has 82 valence electrons. The Balaban J connectivity index is 2.48. The highest BCUT2D eigenvalue weighted by atomic mass is 32.2. The van der Waals surface area contributed by atoms with Gasteiger partial charge in [0.05, 0.1) is 0 Å². The van der Waals surface area contributed by atoms with Crippen LogP contribution < -0.4 is 0 Å². The first-order chi connectivity index (χ1) is 6.37. The van der Waals surface area contributed by atoms with Gasteiger partial charge in [-0.25, -0.2) is 9.78 Å². The summed E-state index contributed by atoms with van der Waals surface area (Å²) in [4.78, 5) is 21.9. The summed E-state index contributed by atoms with van der Waals surface area (Å²) in [7, 11) is 0. The van der Waals surface area contributed by atoms with E-state index >= 15 is 0 Å². The summed E-state index contributed by atoms with van der Waals surface area (Å²) in [6.07, 6.45) is 1.19. The molecular formula is C10H18O3S. The summed E-state index contributed by atoms with van der Waals surface area (Å²) >= 11 is 1.34. The molecule has 0 aromatic rings. The van der Waals surface area contributed by atoms with Crippen LogP contribution in [0.1, 0.15) is 40.5 Å². The smallest absolute Gasteiger partial charge is 0.191 e. The van der Waals surface area contributed by atoms with E-state index in [0.29, 0.717) is 6.42 Å². The Morgan fingerprint density at radius 1 is 1.36 bits per heavy atom. The van der Waals surface area contributed by atoms with Gasteiger partial charge in [0.1, 0.15) is 11.2 Å². The van der Waals surface area contributed by atoms with Crippen LogP contribution in [0.25, 0.3) is 0 Å². The third-order valence-electron chi connectivity index (χ3n) is 2.09. The van der Waals surface area contributed by atoms with Crippen molar-refractivity contribution in [3.8, 4) is 0 Å². The van der Waals surface area contributed by atoms with Crippen molar-refractivity contribution < 1.29 is 14.6 Å². The van der Waals surface area contributed by atoms with Crippen molar-refractivity contribution in [3.05, 3.63) is 0 Å². The van der Waals surface area contributed by atoms with Crippen LogP contribution in [0.4, 0.5) is 0 Å². The molecule has 4 heteroatoms. The second kappa shape index (κ2) is 4.21. The van der Waals surface area contributed by atoms with Gasteiger partial charge in [0.15, 0.2) is 5.12 Å². The van der Waals surface area contributed by atoms with Gasteiger partial charge in [-0.2, -0.15) is 0 Å². The highest BCUT2D eigenvalue weighted by molar-refractivity contribution is 8.13. The van der Waals surface area contributed by atoms with Crippen LogP contribution in [0.2, 0.25) is 0 Å². The predicted molar refractivity (Wildman–Crippen MR) is 57.0 cm³/mol. The van der Waals surface area contributed by atoms with Gasteiger partial charge >= 0.3 is 0 Å². The molecule has 1 atom stereocenters. The molecular weight excluding hydrogens is 200 g/mol. The minimum atomic E-state index is -0.442. The maximum Gasteiger partial charge on any atom is 0.191 e. The van der Waals surface area contributed by atoms with E-state index in [2.05, 4.69) is 0 Å². The summed E-state index contributed by atoms with van der Waals surface area (Å²) < 4.78 is 0. The molecule has 1 aliphatic heterocycles. The Labute approximate surface area is 89.5 Å². The molecule has 0 amide bonds. The fourth-order valence-electron chi connectivity index (χ4n) is 1.78. The Morgan fingerprint density at radius 3 is 2.43 bits per heavy atom. The molecule has 1 rings (SSSR count). The Morgan fingerprint density at radius 2 is 2.00 bits per heavy atom. The van der Waals surface area contributed by atoms with Crippen LogP contribution >= 0.6 is 11.8 Å². The monoisotopic (exact) mass is 218 g/mol. The second-order valence-corrected chi connectivity index (χ2v) is 5.86. The second-order valence-electron chi connectivity index (χ2n) is 4.53. The highest BCUT2D eigenvalue weighted by Gasteiger charge is 2.44. The van der Waals surface area contributed by atoms with Crippen molar-refractivity contribution in [1.29, 1.82) is 0 Å². The molecule has 3 nitrogen and oxygen atoms in total. The van der Waals surface area contributed by atoms with Gasteiger partial charge in [-0.05, 0) is 26.5 Å². The molecule has 1 aliphatic rings. The SMILES string of the molecule is CCSC(=O)CC1(C)CC(C)(C)OO1. The maximum atomic E-state index is 11.4. The standard InChI is InChI=1S/C10H18O3S/c1-5-14-8(11)6-10(4)7-9(2,3)12-13-10/h5-7H2,1-4H3. The Kier molecular flexibility index (Phi) is 3.61. The molecule has 1 fully saturated rings. The topological polar surface area (TPSA) is 35.5 Å². The largest absolute Gasteiger partial charge is 0.287 e. The number of thioether (sulfide) groups is 1. The first-order valence-electron chi connectivity index (χ1n) is 4.89. The normalized spacial score (nSPS) is 30.6. The average Bonchev–Trinajstić information content (AvgIpc) is 2.25. The van der Waals surface area contributed by atoms with Gasteiger partial charge in [0.2, 0.25) is 0 Å². The first-order valence-corrected chi connectivity index (χ1v) is 5.88. The lowest BCUT2D eigenvalue weighted by Gasteiger charge is -2.19. The van der Waals surface area contributed by atoms with E-state index in [-0.39, 0.29) is 10.7 Å². The van der Waals surface area contributed by atoms with Crippen LogP contribution in [0, 0.1) is 0 Å². The summed E-state index contributed by atoms with van der Waals surface area (Å²) in [5.74, 6) is 0.819. The maximum absolute atomic E-state index is 11.4. The van der Waals surface area contributed by atoms with Crippen LogP contribution in [0.3, 0.4) is 0 Å². The number of carbonyl (C=O) groups is 1. The molecule has 0 bridgehead atoms. The molecule has 1 saturated heterocycles. The summed E-state index contributed by atoms with van der Waals surface area (Å²) in [6, 6.07) is 0. The van der Waals surface area contributed by atoms with E-state index in [1.165, 1.54) is 11.8 Å². The van der Waals surface area contributed by atoms with E-state index in [0.717, 1.165) is 12.2 Å². The predicted octanol–water partition coefficient (Wildman–Crippen LogP) is 2.55. The summed E-state index contributed by atoms with van der Waals surface area (Å²) in [6.45, 7) is 7.84. The molecule has 0 N–H and O–H groups in total. The Hall–Kier alpha value is -0.0600. The van der Waals surface area contributed by atoms with Crippen LogP contribution in [-0.2, 0) is 14.6 Å². The molecule has 0 spiro atoms. The molecule has 14 heavy (non-hydrogen) atoms. The first kappa shape index (κ1) is 12.0. The molecule has 0 aromatic carbocycles. The van der Waals surface area contributed by atoms with E-state index in [9.17, 15) is 4.79 Å². The van der Waals surface area contributed by atoms with Crippen LogP contribution in [-0.4, -0.2) is 22.1 Å². The van der Waals surface area contributed by atoms with Gasteiger partial charge in [0.25, 0.3) is 0 Å². The van der Waals surface area contributed by atoms with Gasteiger partial charge in [-0.15, -0.1) is 0 Å². The minimum Gasteiger partial charge on any atom is -0.287 e. The molecule has 1 unspecified atom stereocenters. The van der Waals surface area contributed by atoms with E-state index < -0.39 is 5.60 Å². The van der Waals surface area contributed by atoms with Gasteiger partial charge in [-0.3, -0.25) is 4.79 Å². The average molecular weight is 218 g/mol. The summed E-state index contributed by atoms with van der Waals surface area (Å²) in [5.41, 5.74) is -0.714. The van der Waals surface area contributed by atoms with Crippen LogP contribution in [0.15, 0.2) is 0 Å². The third-order valence-corrected chi connectivity index (χ3v) is 2.85. The zero-order valence-electron chi connectivity index (χ0n) is 9.25. The molecule has 1 heterocycles. The summed E-state index contributed by atoms with van der Waals surface area (Å²) in [5, 5.41) is 0.177. The van der Waals surface area contributed by atoms with Crippen molar-refractivity contribution in [2.45, 2.75) is 51.7 Å². The number of rotatable bonds is 3. The number of carbonyl (C=O) groups excluding carboxylic acids is 1. The van der Waals surface area contributed by atoms with E-state index in [4.69, 9.17) is 9.78 Å². The lowest BCUT2D eigenvalue weighted by atomic mass is 9.90. The van der Waals surface area contributed by atoms with Gasteiger partial charge in [-0.1, -0.05) is 18.7 Å². The molecule has 0 saturated carbocycles. The lowest BCUT2D eigenvalue weighted by Crippen LogP contribution is -2.28. The molecule has 0 aliphatic carbocycles. The van der Waals surface area contributed by atoms with Gasteiger partial charge < -0.3 is 0 Å². The zero-order chi connectivity index (χ0) is 10.8.